The first-order chi connectivity index (χ1) is 18.9. The third-order valence-electron chi connectivity index (χ3n) is 6.98. The van der Waals surface area contributed by atoms with Gasteiger partial charge in [-0.3, -0.25) is 4.79 Å². The number of anilines is 2. The summed E-state index contributed by atoms with van der Waals surface area (Å²) in [6, 6.07) is 22.4. The number of hydrogen-bond acceptors (Lipinski definition) is 5. The molecule has 0 N–H and O–H groups in total. The number of aromatic nitrogens is 2. The molecule has 0 saturated carbocycles. The Bertz CT molecular complexity index is 1440. The Kier molecular flexibility index (Phi) is 8.27. The second-order valence-electron chi connectivity index (χ2n) is 10.3. The fourth-order valence-electron chi connectivity index (χ4n) is 5.06. The minimum absolute atomic E-state index is 0.0987. The second kappa shape index (κ2) is 12.0. The van der Waals surface area contributed by atoms with E-state index in [1.807, 2.05) is 64.4 Å². The second-order valence-corrected chi connectivity index (χ2v) is 10.7. The minimum atomic E-state index is -0.227. The molecule has 1 aromatic heterocycles. The van der Waals surface area contributed by atoms with Crippen LogP contribution in [0.2, 0.25) is 5.02 Å². The first kappa shape index (κ1) is 26.9. The fraction of sp³-hybridized carbons (Fsp3) is 0.323. The lowest BCUT2D eigenvalue weighted by molar-refractivity contribution is -0.131. The maximum Gasteiger partial charge on any atom is 0.224 e. The Morgan fingerprint density at radius 2 is 1.69 bits per heavy atom. The summed E-state index contributed by atoms with van der Waals surface area (Å²) in [6.07, 6.45) is 0.367. The Labute approximate surface area is 234 Å². The van der Waals surface area contributed by atoms with Crippen molar-refractivity contribution in [1.82, 2.24) is 14.9 Å². The molecule has 0 atom stereocenters. The van der Waals surface area contributed by atoms with Gasteiger partial charge < -0.3 is 14.7 Å². The third kappa shape index (κ3) is 6.31. The quantitative estimate of drug-likeness (QED) is 0.260. The van der Waals surface area contributed by atoms with Crippen molar-refractivity contribution in [2.45, 2.75) is 20.3 Å². The smallest absolute Gasteiger partial charge is 0.224 e. The van der Waals surface area contributed by atoms with Crippen molar-refractivity contribution in [1.29, 1.82) is 0 Å². The summed E-state index contributed by atoms with van der Waals surface area (Å²) in [5, 5.41) is 1.52. The number of rotatable bonds is 8. The number of benzene rings is 3. The summed E-state index contributed by atoms with van der Waals surface area (Å²) in [6.45, 7) is 7.98. The highest BCUT2D eigenvalue weighted by atomic mass is 35.5. The molecule has 3 aromatic carbocycles. The highest BCUT2D eigenvalue weighted by Crippen LogP contribution is 2.30. The van der Waals surface area contributed by atoms with Crippen LogP contribution in [0.15, 0.2) is 72.8 Å². The van der Waals surface area contributed by atoms with Gasteiger partial charge in [-0.15, -0.1) is 0 Å². The normalized spacial score (nSPS) is 13.8. The standard InChI is InChI=1S/C31H33ClFN5O/c1-22(2)21-38(15-14-29(39)37-18-16-36(17-19-37)28-11-7-6-10-26(28)33)31-25-13-12-24(32)20-27(25)34-30(35-31)23-8-4-3-5-9-23/h3-13,20,22H,14-19,21H2,1-2H3. The van der Waals surface area contributed by atoms with Crippen LogP contribution >= 0.6 is 11.6 Å². The maximum absolute atomic E-state index is 14.2. The molecule has 5 rings (SSSR count). The number of piperazine rings is 1. The van der Waals surface area contributed by atoms with E-state index in [9.17, 15) is 9.18 Å². The van der Waals surface area contributed by atoms with Crippen molar-refractivity contribution in [3.8, 4) is 11.4 Å². The molecule has 4 aromatic rings. The average molecular weight is 546 g/mol. The molecule has 0 radical (unpaired) electrons. The van der Waals surface area contributed by atoms with Crippen LogP contribution in [0.5, 0.6) is 0 Å². The Morgan fingerprint density at radius 3 is 2.41 bits per heavy atom. The summed E-state index contributed by atoms with van der Waals surface area (Å²) in [5.74, 6) is 1.67. The van der Waals surface area contributed by atoms with Crippen LogP contribution in [0.3, 0.4) is 0 Å². The highest BCUT2D eigenvalue weighted by Gasteiger charge is 2.24. The van der Waals surface area contributed by atoms with Gasteiger partial charge in [-0.05, 0) is 36.2 Å². The average Bonchev–Trinajstić information content (AvgIpc) is 2.95. The lowest BCUT2D eigenvalue weighted by Gasteiger charge is -2.36. The zero-order valence-electron chi connectivity index (χ0n) is 22.4. The van der Waals surface area contributed by atoms with Gasteiger partial charge in [0.25, 0.3) is 0 Å². The monoisotopic (exact) mass is 545 g/mol. The molecule has 1 aliphatic rings. The molecule has 0 spiro atoms. The molecule has 0 aliphatic carbocycles. The Morgan fingerprint density at radius 1 is 0.974 bits per heavy atom. The van der Waals surface area contributed by atoms with Gasteiger partial charge in [-0.1, -0.05) is 67.9 Å². The number of carbonyl (C=O) groups excluding carboxylic acids is 1. The van der Waals surface area contributed by atoms with E-state index < -0.39 is 0 Å². The molecule has 0 bridgehead atoms. The van der Waals surface area contributed by atoms with Crippen LogP contribution in [0.1, 0.15) is 20.3 Å². The molecule has 1 amide bonds. The molecule has 1 saturated heterocycles. The summed E-state index contributed by atoms with van der Waals surface area (Å²) >= 11 is 6.33. The van der Waals surface area contributed by atoms with E-state index in [-0.39, 0.29) is 11.7 Å². The molecule has 39 heavy (non-hydrogen) atoms. The molecular weight excluding hydrogens is 513 g/mol. The lowest BCUT2D eigenvalue weighted by atomic mass is 10.1. The number of halogens is 2. The molecule has 0 unspecified atom stereocenters. The highest BCUT2D eigenvalue weighted by molar-refractivity contribution is 6.31. The molecule has 1 fully saturated rings. The van der Waals surface area contributed by atoms with Crippen LogP contribution in [0.25, 0.3) is 22.3 Å². The van der Waals surface area contributed by atoms with Crippen LogP contribution in [0, 0.1) is 11.7 Å². The van der Waals surface area contributed by atoms with Crippen molar-refractivity contribution < 1.29 is 9.18 Å². The van der Waals surface area contributed by atoms with Crippen molar-refractivity contribution in [2.24, 2.45) is 5.92 Å². The SMILES string of the molecule is CC(C)CN(CCC(=O)N1CCN(c2ccccc2F)CC1)c1nc(-c2ccccc2)nc2cc(Cl)ccc12. The number of hydrogen-bond donors (Lipinski definition) is 0. The van der Waals surface area contributed by atoms with E-state index in [0.717, 1.165) is 28.8 Å². The van der Waals surface area contributed by atoms with Crippen LogP contribution in [-0.4, -0.2) is 60.0 Å². The first-order valence-electron chi connectivity index (χ1n) is 13.4. The van der Waals surface area contributed by atoms with E-state index in [1.54, 1.807) is 12.1 Å². The summed E-state index contributed by atoms with van der Waals surface area (Å²) in [4.78, 5) is 29.2. The van der Waals surface area contributed by atoms with Gasteiger partial charge in [-0.25, -0.2) is 14.4 Å². The molecular formula is C31H33ClFN5O. The minimum Gasteiger partial charge on any atom is -0.366 e. The number of carbonyl (C=O) groups is 1. The van der Waals surface area contributed by atoms with E-state index in [4.69, 9.17) is 21.6 Å². The van der Waals surface area contributed by atoms with Crippen LogP contribution < -0.4 is 9.80 Å². The van der Waals surface area contributed by atoms with Gasteiger partial charge in [0.15, 0.2) is 5.82 Å². The van der Waals surface area contributed by atoms with E-state index in [1.165, 1.54) is 6.07 Å². The zero-order valence-corrected chi connectivity index (χ0v) is 23.1. The largest absolute Gasteiger partial charge is 0.366 e. The molecule has 8 heteroatoms. The number of nitrogens with zero attached hydrogens (tertiary/aromatic N) is 5. The van der Waals surface area contributed by atoms with Crippen molar-refractivity contribution in [3.63, 3.8) is 0 Å². The van der Waals surface area contributed by atoms with Gasteiger partial charge in [0.2, 0.25) is 5.91 Å². The van der Waals surface area contributed by atoms with Crippen LogP contribution in [0.4, 0.5) is 15.9 Å². The van der Waals surface area contributed by atoms with Gasteiger partial charge in [0.1, 0.15) is 11.6 Å². The van der Waals surface area contributed by atoms with Crippen molar-refractivity contribution in [3.05, 3.63) is 83.6 Å². The summed E-state index contributed by atoms with van der Waals surface area (Å²) < 4.78 is 14.2. The Hall–Kier alpha value is -3.71. The van der Waals surface area contributed by atoms with Gasteiger partial charge in [0, 0.05) is 61.7 Å². The van der Waals surface area contributed by atoms with E-state index in [0.29, 0.717) is 61.6 Å². The van der Waals surface area contributed by atoms with Gasteiger partial charge >= 0.3 is 0 Å². The van der Waals surface area contributed by atoms with Crippen LogP contribution in [-0.2, 0) is 4.79 Å². The topological polar surface area (TPSA) is 52.6 Å². The predicted octanol–water partition coefficient (Wildman–Crippen LogP) is 6.29. The summed E-state index contributed by atoms with van der Waals surface area (Å²) in [5.41, 5.74) is 2.29. The number of amides is 1. The van der Waals surface area contributed by atoms with E-state index in [2.05, 4.69) is 18.7 Å². The zero-order chi connectivity index (χ0) is 27.4. The lowest BCUT2D eigenvalue weighted by Crippen LogP contribution is -2.49. The predicted molar refractivity (Wildman–Crippen MR) is 157 cm³/mol. The van der Waals surface area contributed by atoms with Crippen molar-refractivity contribution >= 4 is 39.9 Å². The molecule has 2 heterocycles. The van der Waals surface area contributed by atoms with E-state index >= 15 is 0 Å². The number of fused-ring (bicyclic) bond motifs is 1. The Balaban J connectivity index is 1.35. The van der Waals surface area contributed by atoms with Gasteiger partial charge in [-0.2, -0.15) is 0 Å². The third-order valence-corrected chi connectivity index (χ3v) is 7.21. The van der Waals surface area contributed by atoms with Gasteiger partial charge in [0.05, 0.1) is 11.2 Å². The van der Waals surface area contributed by atoms with Crippen molar-refractivity contribution in [2.75, 3.05) is 49.1 Å². The molecule has 1 aliphatic heterocycles. The molecule has 6 nitrogen and oxygen atoms in total. The maximum atomic E-state index is 14.2. The first-order valence-corrected chi connectivity index (χ1v) is 13.8. The summed E-state index contributed by atoms with van der Waals surface area (Å²) in [7, 11) is 0. The fourth-order valence-corrected chi connectivity index (χ4v) is 5.23. The number of para-hydroxylation sites is 1. The molecule has 202 valence electrons.